The molecule has 0 bridgehead atoms. The summed E-state index contributed by atoms with van der Waals surface area (Å²) in [7, 11) is -1.11. The third-order valence-electron chi connectivity index (χ3n) is 0.636. The molecule has 0 aliphatic carbocycles. The lowest BCUT2D eigenvalue weighted by Crippen LogP contribution is -2.20. The second-order valence-electron chi connectivity index (χ2n) is 1.71. The highest BCUT2D eigenvalue weighted by atomic mass is 19.1. The number of ether oxygens (including phenoxy) is 1. The van der Waals surface area contributed by atoms with E-state index >= 15 is 0 Å². The molecule has 0 aromatic carbocycles. The van der Waals surface area contributed by atoms with Gasteiger partial charge in [0.05, 0.1) is 7.11 Å². The van der Waals surface area contributed by atoms with Crippen molar-refractivity contribution in [1.29, 1.82) is 0 Å². The van der Waals surface area contributed by atoms with E-state index in [-0.39, 0.29) is 0 Å². The Balaban J connectivity index is 0. The second-order valence-corrected chi connectivity index (χ2v) is 1.71. The Morgan fingerprint density at radius 3 is 2.07 bits per heavy atom. The van der Waals surface area contributed by atoms with Gasteiger partial charge in [0.2, 0.25) is 0 Å². The van der Waals surface area contributed by atoms with Gasteiger partial charge < -0.3 is 19.8 Å². The van der Waals surface area contributed by atoms with Crippen LogP contribution in [0.2, 0.25) is 0 Å². The molecule has 0 amide bonds. The topological polar surface area (TPSA) is 123 Å². The lowest BCUT2D eigenvalue weighted by Gasteiger charge is -1.98. The van der Waals surface area contributed by atoms with Crippen LogP contribution >= 0.6 is 0 Å². The smallest absolute Gasteiger partial charge is 0.454 e. The fourth-order valence-corrected chi connectivity index (χ4v) is 0.300. The van der Waals surface area contributed by atoms with Gasteiger partial charge in [-0.25, -0.2) is 14.0 Å². The minimum atomic E-state index is -2.17. The number of alkyl halides is 1. The van der Waals surface area contributed by atoms with E-state index in [9.17, 15) is 14.0 Å². The summed E-state index contributed by atoms with van der Waals surface area (Å²) in [5, 5.41) is 21.5. The minimum Gasteiger partial charge on any atom is -0.454 e. The fourth-order valence-electron chi connectivity index (χ4n) is 0.300. The molecule has 0 atom stereocenters. The number of esters is 1. The number of hydrogen-bond acceptors (Lipinski definition) is 8. The lowest BCUT2D eigenvalue weighted by molar-refractivity contribution is -0.255. The Bertz CT molecular complexity index is 183. The SMILES string of the molecule is COOC(=O)C(=O)OCCF.OB(O)O. The molecular weight excluding hydrogens is 218 g/mol. The van der Waals surface area contributed by atoms with Crippen molar-refractivity contribution >= 4 is 19.3 Å². The number of carbonyl (C=O) groups excluding carboxylic acids is 2. The average molecular weight is 228 g/mol. The van der Waals surface area contributed by atoms with Crippen molar-refractivity contribution < 1.29 is 43.6 Å². The van der Waals surface area contributed by atoms with E-state index in [0.717, 1.165) is 7.11 Å². The Labute approximate surface area is 84.3 Å². The third-order valence-corrected chi connectivity index (χ3v) is 0.636. The predicted molar refractivity (Wildman–Crippen MR) is 42.4 cm³/mol. The summed E-state index contributed by atoms with van der Waals surface area (Å²) in [4.78, 5) is 28.3. The quantitative estimate of drug-likeness (QED) is 0.160. The molecule has 10 heteroatoms. The van der Waals surface area contributed by atoms with Gasteiger partial charge in [0.15, 0.2) is 0 Å². The van der Waals surface area contributed by atoms with Gasteiger partial charge in [0.25, 0.3) is 0 Å². The van der Waals surface area contributed by atoms with Crippen molar-refractivity contribution in [2.45, 2.75) is 0 Å². The Morgan fingerprint density at radius 2 is 1.73 bits per heavy atom. The van der Waals surface area contributed by atoms with Crippen molar-refractivity contribution in [3.63, 3.8) is 0 Å². The van der Waals surface area contributed by atoms with E-state index in [1.807, 2.05) is 0 Å². The number of halogens is 1. The van der Waals surface area contributed by atoms with Gasteiger partial charge in [-0.2, -0.15) is 4.89 Å². The Kier molecular flexibility index (Phi) is 11.7. The van der Waals surface area contributed by atoms with Crippen LogP contribution < -0.4 is 0 Å². The first kappa shape index (κ1) is 16.2. The molecule has 0 fully saturated rings. The maximum atomic E-state index is 11.3. The molecule has 0 aromatic heterocycles. The number of hydrogen-bond donors (Lipinski definition) is 3. The van der Waals surface area contributed by atoms with Crippen LogP contribution in [-0.2, 0) is 24.1 Å². The van der Waals surface area contributed by atoms with E-state index < -0.39 is 32.5 Å². The molecule has 0 radical (unpaired) electrons. The molecule has 15 heavy (non-hydrogen) atoms. The third kappa shape index (κ3) is 15.5. The van der Waals surface area contributed by atoms with Gasteiger partial charge in [0, 0.05) is 0 Å². The van der Waals surface area contributed by atoms with Crippen LogP contribution in [0.4, 0.5) is 4.39 Å². The summed E-state index contributed by atoms with van der Waals surface area (Å²) in [6.45, 7) is -1.30. The van der Waals surface area contributed by atoms with Gasteiger partial charge in [0.1, 0.15) is 13.3 Å². The molecule has 0 aliphatic heterocycles. The first-order valence-corrected chi connectivity index (χ1v) is 3.47. The fraction of sp³-hybridized carbons (Fsp3) is 0.600. The normalized spacial score (nSPS) is 8.33. The van der Waals surface area contributed by atoms with Crippen LogP contribution in [0.3, 0.4) is 0 Å². The Morgan fingerprint density at radius 1 is 1.27 bits per heavy atom. The summed E-state index contributed by atoms with van der Waals surface area (Å²) in [6, 6.07) is 0. The van der Waals surface area contributed by atoms with Gasteiger partial charge in [-0.15, -0.1) is 0 Å². The van der Waals surface area contributed by atoms with Gasteiger partial charge >= 0.3 is 19.3 Å². The first-order chi connectivity index (χ1) is 6.95. The molecule has 0 aromatic rings. The zero-order chi connectivity index (χ0) is 12.3. The summed E-state index contributed by atoms with van der Waals surface area (Å²) in [6.07, 6.45) is 0. The number of carbonyl (C=O) groups is 2. The molecule has 8 nitrogen and oxygen atoms in total. The minimum absolute atomic E-state index is 0.461. The molecule has 88 valence electrons. The van der Waals surface area contributed by atoms with Crippen LogP contribution in [0.25, 0.3) is 0 Å². The molecule has 0 unspecified atom stereocenters. The standard InChI is InChI=1S/C5H7FO5.BH3O3/c1-9-11-5(8)4(7)10-3-2-6;2-1(3)4/h2-3H2,1H3;2-4H. The molecule has 0 heterocycles. The highest BCUT2D eigenvalue weighted by molar-refractivity contribution is 6.30. The molecule has 3 N–H and O–H groups in total. The van der Waals surface area contributed by atoms with E-state index in [0.29, 0.717) is 0 Å². The highest BCUT2D eigenvalue weighted by Crippen LogP contribution is 1.84. The van der Waals surface area contributed by atoms with Gasteiger partial charge in [-0.3, -0.25) is 4.89 Å². The van der Waals surface area contributed by atoms with Crippen LogP contribution in [0.1, 0.15) is 0 Å². The van der Waals surface area contributed by atoms with Gasteiger partial charge in [-0.05, 0) is 0 Å². The summed E-state index contributed by atoms with van der Waals surface area (Å²) < 4.78 is 15.4. The highest BCUT2D eigenvalue weighted by Gasteiger charge is 2.17. The summed E-state index contributed by atoms with van der Waals surface area (Å²) >= 11 is 0. The molecule has 0 saturated carbocycles. The Hall–Kier alpha value is -1.23. The van der Waals surface area contributed by atoms with Gasteiger partial charge in [-0.1, -0.05) is 0 Å². The molecular formula is C5H10BFO8. The number of rotatable bonds is 3. The maximum absolute atomic E-state index is 11.3. The largest absolute Gasteiger partial charge is 0.631 e. The maximum Gasteiger partial charge on any atom is 0.631 e. The van der Waals surface area contributed by atoms with Crippen molar-refractivity contribution in [2.75, 3.05) is 20.4 Å². The van der Waals surface area contributed by atoms with Crippen molar-refractivity contribution in [3.05, 3.63) is 0 Å². The zero-order valence-corrected chi connectivity index (χ0v) is 7.75. The van der Waals surface area contributed by atoms with Crippen molar-refractivity contribution in [1.82, 2.24) is 0 Å². The first-order valence-electron chi connectivity index (χ1n) is 3.47. The van der Waals surface area contributed by atoms with Crippen molar-refractivity contribution in [3.8, 4) is 0 Å². The molecule has 0 spiro atoms. The van der Waals surface area contributed by atoms with Crippen LogP contribution in [0.15, 0.2) is 0 Å². The van der Waals surface area contributed by atoms with E-state index in [1.54, 1.807) is 0 Å². The van der Waals surface area contributed by atoms with E-state index in [1.165, 1.54) is 0 Å². The second kappa shape index (κ2) is 10.9. The summed E-state index contributed by atoms with van der Waals surface area (Å²) in [5.74, 6) is -2.58. The molecule has 0 aliphatic rings. The average Bonchev–Trinajstić information content (AvgIpc) is 2.13. The van der Waals surface area contributed by atoms with Crippen LogP contribution in [0.5, 0.6) is 0 Å². The van der Waals surface area contributed by atoms with Crippen molar-refractivity contribution in [2.24, 2.45) is 0 Å². The summed E-state index contributed by atoms with van der Waals surface area (Å²) in [5.41, 5.74) is 0. The van der Waals surface area contributed by atoms with E-state index in [4.69, 9.17) is 15.1 Å². The van der Waals surface area contributed by atoms with Crippen LogP contribution in [-0.4, -0.2) is 54.7 Å². The molecule has 0 saturated heterocycles. The zero-order valence-electron chi connectivity index (χ0n) is 7.75. The molecule has 0 rings (SSSR count). The van der Waals surface area contributed by atoms with Crippen LogP contribution in [0, 0.1) is 0 Å². The predicted octanol–water partition coefficient (Wildman–Crippen LogP) is -2.45. The monoisotopic (exact) mass is 228 g/mol. The lowest BCUT2D eigenvalue weighted by atomic mass is 10.3. The van der Waals surface area contributed by atoms with E-state index in [2.05, 4.69) is 14.5 Å².